The molecule has 0 aromatic carbocycles. The van der Waals surface area contributed by atoms with Crippen LogP contribution in [-0.2, 0) is 11.3 Å². The molecule has 1 atom stereocenters. The van der Waals surface area contributed by atoms with Crippen molar-refractivity contribution in [3.05, 3.63) is 18.2 Å². The second kappa shape index (κ2) is 5.65. The van der Waals surface area contributed by atoms with Crippen LogP contribution in [0.5, 0.6) is 0 Å². The first kappa shape index (κ1) is 12.7. The van der Waals surface area contributed by atoms with E-state index in [-0.39, 0.29) is 18.0 Å². The fraction of sp³-hybridized carbons (Fsp3) is 0.636. The molecule has 5 nitrogen and oxygen atoms in total. The molecule has 0 saturated heterocycles. The Bertz CT molecular complexity index is 344. The van der Waals surface area contributed by atoms with E-state index < -0.39 is 0 Å². The Balaban J connectivity index is 2.48. The highest BCUT2D eigenvalue weighted by molar-refractivity contribution is 5.76. The lowest BCUT2D eigenvalue weighted by Gasteiger charge is -2.12. The minimum absolute atomic E-state index is 0.0549. The zero-order valence-corrected chi connectivity index (χ0v) is 10.1. The van der Waals surface area contributed by atoms with Crippen LogP contribution in [0.25, 0.3) is 0 Å². The molecular formula is C11H20N4O. The summed E-state index contributed by atoms with van der Waals surface area (Å²) < 4.78 is 1.92. The summed E-state index contributed by atoms with van der Waals surface area (Å²) in [7, 11) is 0. The van der Waals surface area contributed by atoms with E-state index in [9.17, 15) is 4.79 Å². The SMILES string of the molecule is CC(C)NC(=O)CCn1cncc1C(C)N. The lowest BCUT2D eigenvalue weighted by atomic mass is 10.2. The Morgan fingerprint density at radius 2 is 2.25 bits per heavy atom. The number of carbonyl (C=O) groups excluding carboxylic acids is 1. The van der Waals surface area contributed by atoms with Gasteiger partial charge in [-0.25, -0.2) is 4.98 Å². The third-order valence-corrected chi connectivity index (χ3v) is 2.24. The number of nitrogens with two attached hydrogens (primary N) is 1. The molecule has 1 amide bonds. The molecule has 0 bridgehead atoms. The van der Waals surface area contributed by atoms with E-state index in [1.807, 2.05) is 25.3 Å². The minimum atomic E-state index is -0.0596. The maximum Gasteiger partial charge on any atom is 0.221 e. The van der Waals surface area contributed by atoms with Crippen molar-refractivity contribution in [1.82, 2.24) is 14.9 Å². The van der Waals surface area contributed by atoms with Crippen molar-refractivity contribution >= 4 is 5.91 Å². The highest BCUT2D eigenvalue weighted by Crippen LogP contribution is 2.08. The molecule has 3 N–H and O–H groups in total. The van der Waals surface area contributed by atoms with Crippen molar-refractivity contribution < 1.29 is 4.79 Å². The third kappa shape index (κ3) is 3.66. The first-order valence-electron chi connectivity index (χ1n) is 5.55. The van der Waals surface area contributed by atoms with Crippen molar-refractivity contribution in [2.24, 2.45) is 5.73 Å². The molecule has 1 aromatic heterocycles. The van der Waals surface area contributed by atoms with Crippen LogP contribution in [-0.4, -0.2) is 21.5 Å². The number of aromatic nitrogens is 2. The maximum atomic E-state index is 11.5. The summed E-state index contributed by atoms with van der Waals surface area (Å²) in [5.74, 6) is 0.0549. The number of carbonyl (C=O) groups is 1. The quantitative estimate of drug-likeness (QED) is 0.777. The van der Waals surface area contributed by atoms with E-state index >= 15 is 0 Å². The van der Waals surface area contributed by atoms with Gasteiger partial charge in [0.15, 0.2) is 0 Å². The summed E-state index contributed by atoms with van der Waals surface area (Å²) in [4.78, 5) is 15.5. The third-order valence-electron chi connectivity index (χ3n) is 2.24. The largest absolute Gasteiger partial charge is 0.354 e. The lowest BCUT2D eigenvalue weighted by Crippen LogP contribution is -2.30. The minimum Gasteiger partial charge on any atom is -0.354 e. The van der Waals surface area contributed by atoms with E-state index in [1.54, 1.807) is 12.5 Å². The van der Waals surface area contributed by atoms with Crippen molar-refractivity contribution in [2.45, 2.75) is 45.8 Å². The van der Waals surface area contributed by atoms with Crippen LogP contribution in [0.1, 0.15) is 38.9 Å². The van der Waals surface area contributed by atoms with E-state index in [0.717, 1.165) is 5.69 Å². The average molecular weight is 224 g/mol. The second-order valence-corrected chi connectivity index (χ2v) is 4.27. The van der Waals surface area contributed by atoms with Gasteiger partial charge in [0.25, 0.3) is 0 Å². The van der Waals surface area contributed by atoms with Gasteiger partial charge in [0.1, 0.15) is 0 Å². The number of imidazole rings is 1. The van der Waals surface area contributed by atoms with Crippen LogP contribution in [0.2, 0.25) is 0 Å². The standard InChI is InChI=1S/C11H20N4O/c1-8(2)14-11(16)4-5-15-7-13-6-10(15)9(3)12/h6-9H,4-5,12H2,1-3H3,(H,14,16). The van der Waals surface area contributed by atoms with Crippen molar-refractivity contribution in [2.75, 3.05) is 0 Å². The molecule has 1 heterocycles. The van der Waals surface area contributed by atoms with Gasteiger partial charge in [-0.2, -0.15) is 0 Å². The fourth-order valence-corrected chi connectivity index (χ4v) is 1.51. The summed E-state index contributed by atoms with van der Waals surface area (Å²) in [5, 5.41) is 2.85. The van der Waals surface area contributed by atoms with Gasteiger partial charge >= 0.3 is 0 Å². The molecule has 0 saturated carbocycles. The molecule has 1 aromatic rings. The molecule has 0 aliphatic carbocycles. The maximum absolute atomic E-state index is 11.5. The second-order valence-electron chi connectivity index (χ2n) is 4.27. The highest BCUT2D eigenvalue weighted by Gasteiger charge is 2.08. The number of nitrogens with zero attached hydrogens (tertiary/aromatic N) is 2. The smallest absolute Gasteiger partial charge is 0.221 e. The number of hydrogen-bond donors (Lipinski definition) is 2. The average Bonchev–Trinajstić information content (AvgIpc) is 2.61. The molecule has 1 rings (SSSR count). The van der Waals surface area contributed by atoms with Crippen LogP contribution in [0.15, 0.2) is 12.5 Å². The van der Waals surface area contributed by atoms with Crippen LogP contribution in [0.3, 0.4) is 0 Å². The molecule has 16 heavy (non-hydrogen) atoms. The predicted octanol–water partition coefficient (Wildman–Crippen LogP) is 0.817. The van der Waals surface area contributed by atoms with Crippen molar-refractivity contribution in [3.63, 3.8) is 0 Å². The van der Waals surface area contributed by atoms with Gasteiger partial charge in [0.2, 0.25) is 5.91 Å². The first-order valence-corrected chi connectivity index (χ1v) is 5.55. The zero-order valence-electron chi connectivity index (χ0n) is 10.1. The molecule has 0 radical (unpaired) electrons. The fourth-order valence-electron chi connectivity index (χ4n) is 1.51. The van der Waals surface area contributed by atoms with Gasteiger partial charge < -0.3 is 15.6 Å². The summed E-state index contributed by atoms with van der Waals surface area (Å²) in [6, 6.07) is 0.124. The molecule has 1 unspecified atom stereocenters. The molecule has 0 fully saturated rings. The van der Waals surface area contributed by atoms with Gasteiger partial charge in [-0.15, -0.1) is 0 Å². The van der Waals surface area contributed by atoms with Gasteiger partial charge in [-0.05, 0) is 20.8 Å². The number of hydrogen-bond acceptors (Lipinski definition) is 3. The summed E-state index contributed by atoms with van der Waals surface area (Å²) in [6.07, 6.45) is 3.90. The highest BCUT2D eigenvalue weighted by atomic mass is 16.1. The Hall–Kier alpha value is -1.36. The molecule has 5 heteroatoms. The first-order chi connectivity index (χ1) is 7.50. The predicted molar refractivity (Wildman–Crippen MR) is 62.7 cm³/mol. The van der Waals surface area contributed by atoms with Crippen molar-refractivity contribution in [1.29, 1.82) is 0 Å². The molecule has 0 spiro atoms. The number of nitrogens with one attached hydrogen (secondary N) is 1. The van der Waals surface area contributed by atoms with Crippen LogP contribution in [0, 0.1) is 0 Å². The molecule has 0 aliphatic heterocycles. The van der Waals surface area contributed by atoms with Gasteiger partial charge in [-0.3, -0.25) is 4.79 Å². The van der Waals surface area contributed by atoms with Crippen LogP contribution < -0.4 is 11.1 Å². The number of rotatable bonds is 5. The van der Waals surface area contributed by atoms with E-state index in [1.165, 1.54) is 0 Å². The monoisotopic (exact) mass is 224 g/mol. The van der Waals surface area contributed by atoms with Gasteiger partial charge in [-0.1, -0.05) is 0 Å². The van der Waals surface area contributed by atoms with Gasteiger partial charge in [0, 0.05) is 31.2 Å². The Kier molecular flexibility index (Phi) is 4.49. The van der Waals surface area contributed by atoms with E-state index in [0.29, 0.717) is 13.0 Å². The summed E-state index contributed by atoms with van der Waals surface area (Å²) in [5.41, 5.74) is 6.74. The number of amides is 1. The lowest BCUT2D eigenvalue weighted by molar-refractivity contribution is -0.121. The zero-order chi connectivity index (χ0) is 12.1. The Labute approximate surface area is 96.0 Å². The Morgan fingerprint density at radius 3 is 2.81 bits per heavy atom. The van der Waals surface area contributed by atoms with E-state index in [4.69, 9.17) is 5.73 Å². The van der Waals surface area contributed by atoms with Gasteiger partial charge in [0.05, 0.1) is 12.0 Å². The summed E-state index contributed by atoms with van der Waals surface area (Å²) >= 11 is 0. The topological polar surface area (TPSA) is 72.9 Å². The van der Waals surface area contributed by atoms with E-state index in [2.05, 4.69) is 10.3 Å². The molecular weight excluding hydrogens is 204 g/mol. The van der Waals surface area contributed by atoms with Crippen molar-refractivity contribution in [3.8, 4) is 0 Å². The molecule has 0 aliphatic rings. The normalized spacial score (nSPS) is 12.8. The Morgan fingerprint density at radius 1 is 1.56 bits per heavy atom. The number of aryl methyl sites for hydroxylation is 1. The van der Waals surface area contributed by atoms with Crippen LogP contribution >= 0.6 is 0 Å². The van der Waals surface area contributed by atoms with Crippen LogP contribution in [0.4, 0.5) is 0 Å². The molecule has 90 valence electrons. The summed E-state index contributed by atoms with van der Waals surface area (Å²) in [6.45, 7) is 6.42.